The molecule has 16 heavy (non-hydrogen) atoms. The molecule has 0 atom stereocenters. The van der Waals surface area contributed by atoms with E-state index in [4.69, 9.17) is 0 Å². The highest BCUT2D eigenvalue weighted by molar-refractivity contribution is 7.93. The van der Waals surface area contributed by atoms with Crippen LogP contribution in [0.3, 0.4) is 0 Å². The van der Waals surface area contributed by atoms with Gasteiger partial charge < -0.3 is 0 Å². The molecule has 84 valence electrons. The summed E-state index contributed by atoms with van der Waals surface area (Å²) in [4.78, 5) is 4.13. The molecule has 1 aromatic carbocycles. The van der Waals surface area contributed by atoms with Gasteiger partial charge in [0.2, 0.25) is 0 Å². The first-order valence-electron chi connectivity index (χ1n) is 4.57. The highest BCUT2D eigenvalue weighted by Crippen LogP contribution is 2.18. The van der Waals surface area contributed by atoms with Crippen molar-refractivity contribution in [2.75, 3.05) is 4.72 Å². The van der Waals surface area contributed by atoms with Crippen molar-refractivity contribution in [3.8, 4) is 0 Å². The van der Waals surface area contributed by atoms with Crippen molar-refractivity contribution in [2.45, 2.75) is 11.8 Å². The Morgan fingerprint density at radius 1 is 1.38 bits per heavy atom. The zero-order chi connectivity index (χ0) is 11.6. The summed E-state index contributed by atoms with van der Waals surface area (Å²) >= 11 is 1.25. The summed E-state index contributed by atoms with van der Waals surface area (Å²) in [6.45, 7) is 1.85. The van der Waals surface area contributed by atoms with Crippen molar-refractivity contribution in [3.05, 3.63) is 41.4 Å². The molecule has 0 unspecified atom stereocenters. The Labute approximate surface area is 98.0 Å². The third-order valence-electron chi connectivity index (χ3n) is 1.95. The summed E-state index contributed by atoms with van der Waals surface area (Å²) in [6, 6.07) is 6.74. The Kier molecular flexibility index (Phi) is 2.93. The minimum atomic E-state index is -3.51. The van der Waals surface area contributed by atoms with Gasteiger partial charge in [0.1, 0.15) is 0 Å². The summed E-state index contributed by atoms with van der Waals surface area (Å²) in [5.74, 6) is 0. The number of benzene rings is 1. The Bertz CT molecular complexity index is 577. The molecule has 1 heterocycles. The number of nitrogens with one attached hydrogen (secondary N) is 1. The van der Waals surface area contributed by atoms with Gasteiger partial charge in [-0.15, -0.1) is 11.3 Å². The van der Waals surface area contributed by atoms with E-state index in [2.05, 4.69) is 9.71 Å². The molecule has 0 saturated heterocycles. The van der Waals surface area contributed by atoms with E-state index in [9.17, 15) is 8.42 Å². The summed E-state index contributed by atoms with van der Waals surface area (Å²) in [7, 11) is -3.51. The van der Waals surface area contributed by atoms with E-state index in [0.717, 1.165) is 5.56 Å². The lowest BCUT2D eigenvalue weighted by Gasteiger charge is -2.05. The molecule has 2 rings (SSSR count). The third-order valence-corrected chi connectivity index (χ3v) is 4.11. The number of hydrogen-bond acceptors (Lipinski definition) is 4. The summed E-state index contributed by atoms with van der Waals surface area (Å²) < 4.78 is 26.2. The summed E-state index contributed by atoms with van der Waals surface area (Å²) in [5.41, 5.74) is 0.905. The van der Waals surface area contributed by atoms with Crippen LogP contribution in [0.25, 0.3) is 0 Å². The van der Waals surface area contributed by atoms with Gasteiger partial charge in [-0.3, -0.25) is 4.72 Å². The zero-order valence-electron chi connectivity index (χ0n) is 8.54. The second-order valence-corrected chi connectivity index (χ2v) is 5.84. The normalized spacial score (nSPS) is 11.3. The monoisotopic (exact) mass is 254 g/mol. The van der Waals surface area contributed by atoms with Crippen LogP contribution in [-0.2, 0) is 10.0 Å². The first-order valence-corrected chi connectivity index (χ1v) is 6.93. The lowest BCUT2D eigenvalue weighted by molar-refractivity contribution is 0.601. The molecule has 0 bridgehead atoms. The number of thiazole rings is 1. The first kappa shape index (κ1) is 11.1. The molecule has 0 radical (unpaired) electrons. The zero-order valence-corrected chi connectivity index (χ0v) is 10.2. The van der Waals surface area contributed by atoms with E-state index >= 15 is 0 Å². The fraction of sp³-hybridized carbons (Fsp3) is 0.100. The van der Waals surface area contributed by atoms with E-state index < -0.39 is 10.0 Å². The number of rotatable bonds is 3. The van der Waals surface area contributed by atoms with Gasteiger partial charge in [-0.1, -0.05) is 12.1 Å². The van der Waals surface area contributed by atoms with Crippen LogP contribution < -0.4 is 4.72 Å². The Morgan fingerprint density at radius 3 is 2.81 bits per heavy atom. The molecule has 0 aliphatic carbocycles. The SMILES string of the molecule is Cc1cccc(S(=O)(=O)Nc2nccs2)c1. The van der Waals surface area contributed by atoms with Gasteiger partial charge in [-0.2, -0.15) is 0 Å². The van der Waals surface area contributed by atoms with Crippen LogP contribution in [0.4, 0.5) is 5.13 Å². The smallest absolute Gasteiger partial charge is 0.255 e. The quantitative estimate of drug-likeness (QED) is 0.914. The van der Waals surface area contributed by atoms with Crippen LogP contribution in [-0.4, -0.2) is 13.4 Å². The van der Waals surface area contributed by atoms with E-state index in [-0.39, 0.29) is 4.90 Å². The number of anilines is 1. The maximum atomic E-state index is 11.9. The first-order chi connectivity index (χ1) is 7.58. The van der Waals surface area contributed by atoms with Gasteiger partial charge in [-0.05, 0) is 24.6 Å². The van der Waals surface area contributed by atoms with Crippen molar-refractivity contribution < 1.29 is 8.42 Å². The minimum Gasteiger partial charge on any atom is -0.255 e. The van der Waals surface area contributed by atoms with E-state index in [0.29, 0.717) is 5.13 Å². The van der Waals surface area contributed by atoms with Crippen molar-refractivity contribution in [3.63, 3.8) is 0 Å². The average Bonchev–Trinajstić information content (AvgIpc) is 2.70. The lowest BCUT2D eigenvalue weighted by atomic mass is 10.2. The molecule has 4 nitrogen and oxygen atoms in total. The molecule has 0 amide bonds. The number of sulfonamides is 1. The van der Waals surface area contributed by atoms with Gasteiger partial charge >= 0.3 is 0 Å². The van der Waals surface area contributed by atoms with E-state index in [1.807, 2.05) is 13.0 Å². The predicted molar refractivity (Wildman–Crippen MR) is 64.1 cm³/mol. The van der Waals surface area contributed by atoms with Gasteiger partial charge in [0.25, 0.3) is 10.0 Å². The molecule has 0 fully saturated rings. The van der Waals surface area contributed by atoms with Crippen molar-refractivity contribution in [1.29, 1.82) is 0 Å². The molecule has 0 spiro atoms. The molecule has 1 aromatic heterocycles. The van der Waals surface area contributed by atoms with Crippen molar-refractivity contribution in [2.24, 2.45) is 0 Å². The lowest BCUT2D eigenvalue weighted by Crippen LogP contribution is -2.12. The fourth-order valence-electron chi connectivity index (χ4n) is 1.23. The molecular formula is C10H10N2O2S2. The summed E-state index contributed by atoms with van der Waals surface area (Å²) in [5, 5.41) is 2.09. The van der Waals surface area contributed by atoms with Gasteiger partial charge in [0, 0.05) is 11.6 Å². The Morgan fingerprint density at radius 2 is 2.19 bits per heavy atom. The number of nitrogens with zero attached hydrogens (tertiary/aromatic N) is 1. The van der Waals surface area contributed by atoms with Crippen LogP contribution >= 0.6 is 11.3 Å². The standard InChI is InChI=1S/C10H10N2O2S2/c1-8-3-2-4-9(7-8)16(13,14)12-10-11-5-6-15-10/h2-7H,1H3,(H,11,12). The largest absolute Gasteiger partial charge is 0.263 e. The van der Waals surface area contributed by atoms with Crippen LogP contribution in [0, 0.1) is 6.92 Å². The summed E-state index contributed by atoms with van der Waals surface area (Å²) in [6.07, 6.45) is 1.55. The topological polar surface area (TPSA) is 59.1 Å². The predicted octanol–water partition coefficient (Wildman–Crippen LogP) is 2.25. The Hall–Kier alpha value is -1.40. The van der Waals surface area contributed by atoms with Gasteiger partial charge in [-0.25, -0.2) is 13.4 Å². The van der Waals surface area contributed by atoms with E-state index in [1.54, 1.807) is 29.8 Å². The highest BCUT2D eigenvalue weighted by atomic mass is 32.2. The van der Waals surface area contributed by atoms with Crippen LogP contribution in [0.1, 0.15) is 5.56 Å². The third kappa shape index (κ3) is 2.40. The van der Waals surface area contributed by atoms with Crippen molar-refractivity contribution >= 4 is 26.5 Å². The van der Waals surface area contributed by atoms with Gasteiger partial charge in [0.15, 0.2) is 5.13 Å². The molecule has 2 aromatic rings. The van der Waals surface area contributed by atoms with E-state index in [1.165, 1.54) is 11.3 Å². The fourth-order valence-corrected chi connectivity index (χ4v) is 3.12. The molecule has 0 aliphatic heterocycles. The molecule has 0 aliphatic rings. The second kappa shape index (κ2) is 4.23. The van der Waals surface area contributed by atoms with Crippen LogP contribution in [0.5, 0.6) is 0 Å². The number of aryl methyl sites for hydroxylation is 1. The molecule has 1 N–H and O–H groups in total. The molecule has 0 saturated carbocycles. The maximum absolute atomic E-state index is 11.9. The highest BCUT2D eigenvalue weighted by Gasteiger charge is 2.14. The molecular weight excluding hydrogens is 244 g/mol. The average molecular weight is 254 g/mol. The number of hydrogen-bond donors (Lipinski definition) is 1. The van der Waals surface area contributed by atoms with Crippen LogP contribution in [0.2, 0.25) is 0 Å². The number of aromatic nitrogens is 1. The van der Waals surface area contributed by atoms with Gasteiger partial charge in [0.05, 0.1) is 4.90 Å². The molecule has 6 heteroatoms. The maximum Gasteiger partial charge on any atom is 0.263 e. The Balaban J connectivity index is 2.33. The second-order valence-electron chi connectivity index (χ2n) is 3.26. The minimum absolute atomic E-state index is 0.253. The van der Waals surface area contributed by atoms with Crippen molar-refractivity contribution in [1.82, 2.24) is 4.98 Å². The van der Waals surface area contributed by atoms with Crippen LogP contribution in [0.15, 0.2) is 40.7 Å².